The fraction of sp³-hybridized carbons (Fsp3) is 0.381. The van der Waals surface area contributed by atoms with Gasteiger partial charge in [0.15, 0.2) is 0 Å². The minimum absolute atomic E-state index is 0.0407. The first kappa shape index (κ1) is 18.5. The highest BCUT2D eigenvalue weighted by Gasteiger charge is 2.23. The van der Waals surface area contributed by atoms with Crippen molar-refractivity contribution in [3.05, 3.63) is 52.2 Å². The lowest BCUT2D eigenvalue weighted by Crippen LogP contribution is -2.25. The molecule has 1 amide bonds. The van der Waals surface area contributed by atoms with Gasteiger partial charge < -0.3 is 5.32 Å². The minimum Gasteiger partial charge on any atom is -0.325 e. The Hall–Kier alpha value is -2.32. The number of aryl methyl sites for hydroxylation is 4. The zero-order chi connectivity index (χ0) is 18.7. The SMILES string of the molecule is CCC(Sc1nc2c(cc1C#N)CCC2)C(=O)Nc1c(C)cccc1C. The Morgan fingerprint density at radius 1 is 1.35 bits per heavy atom. The van der Waals surface area contributed by atoms with Crippen LogP contribution in [0, 0.1) is 25.2 Å². The van der Waals surface area contributed by atoms with Crippen LogP contribution in [0.15, 0.2) is 29.3 Å². The van der Waals surface area contributed by atoms with Gasteiger partial charge in [0.05, 0.1) is 10.8 Å². The maximum atomic E-state index is 12.8. The molecule has 134 valence electrons. The Kier molecular flexibility index (Phi) is 5.63. The summed E-state index contributed by atoms with van der Waals surface area (Å²) < 4.78 is 0. The summed E-state index contributed by atoms with van der Waals surface area (Å²) in [6.07, 6.45) is 3.71. The summed E-state index contributed by atoms with van der Waals surface area (Å²) in [4.78, 5) is 17.5. The van der Waals surface area contributed by atoms with E-state index < -0.39 is 0 Å². The number of amides is 1. The van der Waals surface area contributed by atoms with Gasteiger partial charge in [0, 0.05) is 11.4 Å². The van der Waals surface area contributed by atoms with E-state index >= 15 is 0 Å². The van der Waals surface area contributed by atoms with Crippen LogP contribution in [-0.2, 0) is 17.6 Å². The molecule has 1 atom stereocenters. The smallest absolute Gasteiger partial charge is 0.237 e. The molecule has 1 aromatic heterocycles. The van der Waals surface area contributed by atoms with Gasteiger partial charge in [0.25, 0.3) is 0 Å². The third kappa shape index (κ3) is 3.76. The summed E-state index contributed by atoms with van der Waals surface area (Å²) in [5.41, 5.74) is 5.81. The monoisotopic (exact) mass is 365 g/mol. The first-order chi connectivity index (χ1) is 12.5. The summed E-state index contributed by atoms with van der Waals surface area (Å²) in [6, 6.07) is 10.2. The van der Waals surface area contributed by atoms with Crippen LogP contribution in [0.1, 0.15) is 47.7 Å². The van der Waals surface area contributed by atoms with Crippen molar-refractivity contribution >= 4 is 23.4 Å². The third-order valence-electron chi connectivity index (χ3n) is 4.78. The van der Waals surface area contributed by atoms with E-state index in [-0.39, 0.29) is 11.2 Å². The topological polar surface area (TPSA) is 65.8 Å². The van der Waals surface area contributed by atoms with Gasteiger partial charge in [0.1, 0.15) is 11.1 Å². The van der Waals surface area contributed by atoms with Crippen molar-refractivity contribution in [3.8, 4) is 6.07 Å². The molecule has 1 N–H and O–H groups in total. The summed E-state index contributed by atoms with van der Waals surface area (Å²) in [5.74, 6) is -0.0407. The number of nitrogens with one attached hydrogen (secondary N) is 1. The number of hydrogen-bond acceptors (Lipinski definition) is 4. The van der Waals surface area contributed by atoms with Crippen molar-refractivity contribution in [2.24, 2.45) is 0 Å². The van der Waals surface area contributed by atoms with Crippen LogP contribution in [0.3, 0.4) is 0 Å². The number of nitriles is 1. The van der Waals surface area contributed by atoms with Crippen molar-refractivity contribution < 1.29 is 4.79 Å². The number of pyridine rings is 1. The fourth-order valence-electron chi connectivity index (χ4n) is 3.30. The van der Waals surface area contributed by atoms with Crippen molar-refractivity contribution in [2.45, 2.75) is 56.7 Å². The van der Waals surface area contributed by atoms with Crippen LogP contribution in [0.25, 0.3) is 0 Å². The number of hydrogen-bond donors (Lipinski definition) is 1. The van der Waals surface area contributed by atoms with Crippen molar-refractivity contribution in [3.63, 3.8) is 0 Å². The first-order valence-corrected chi connectivity index (χ1v) is 9.88. The number of carbonyl (C=O) groups is 1. The van der Waals surface area contributed by atoms with Gasteiger partial charge in [-0.25, -0.2) is 4.98 Å². The molecule has 0 saturated carbocycles. The van der Waals surface area contributed by atoms with Gasteiger partial charge in [-0.3, -0.25) is 4.79 Å². The molecule has 0 spiro atoms. The van der Waals surface area contributed by atoms with Crippen LogP contribution >= 0.6 is 11.8 Å². The van der Waals surface area contributed by atoms with Crippen LogP contribution in [0.5, 0.6) is 0 Å². The fourth-order valence-corrected chi connectivity index (χ4v) is 4.29. The second-order valence-electron chi connectivity index (χ2n) is 6.68. The van der Waals surface area contributed by atoms with Crippen LogP contribution in [-0.4, -0.2) is 16.1 Å². The number of carbonyl (C=O) groups excluding carboxylic acids is 1. The number of para-hydroxylation sites is 1. The molecule has 1 aliphatic rings. The summed E-state index contributed by atoms with van der Waals surface area (Å²) >= 11 is 1.40. The largest absolute Gasteiger partial charge is 0.325 e. The summed E-state index contributed by atoms with van der Waals surface area (Å²) in [5, 5.41) is 12.9. The Bertz CT molecular complexity index is 865. The zero-order valence-corrected chi connectivity index (χ0v) is 16.2. The molecule has 0 fully saturated rings. The average Bonchev–Trinajstić information content (AvgIpc) is 3.09. The summed E-state index contributed by atoms with van der Waals surface area (Å²) in [7, 11) is 0. The lowest BCUT2D eigenvalue weighted by molar-refractivity contribution is -0.115. The predicted octanol–water partition coefficient (Wildman–Crippen LogP) is 4.57. The molecule has 3 rings (SSSR count). The third-order valence-corrected chi connectivity index (χ3v) is 6.15. The number of benzene rings is 1. The van der Waals surface area contributed by atoms with E-state index in [1.807, 2.05) is 45.0 Å². The second-order valence-corrected chi connectivity index (χ2v) is 7.87. The Balaban J connectivity index is 1.82. The van der Waals surface area contributed by atoms with Crippen molar-refractivity contribution in [1.29, 1.82) is 5.26 Å². The Morgan fingerprint density at radius 2 is 2.08 bits per heavy atom. The van der Waals surface area contributed by atoms with E-state index in [1.54, 1.807) is 0 Å². The molecule has 2 aromatic rings. The second kappa shape index (κ2) is 7.92. The highest BCUT2D eigenvalue weighted by molar-refractivity contribution is 8.00. The van der Waals surface area contributed by atoms with Gasteiger partial charge in [0.2, 0.25) is 5.91 Å². The van der Waals surface area contributed by atoms with Crippen LogP contribution in [0.4, 0.5) is 5.69 Å². The minimum atomic E-state index is -0.284. The number of fused-ring (bicyclic) bond motifs is 1. The molecule has 1 aliphatic carbocycles. The highest BCUT2D eigenvalue weighted by atomic mass is 32.2. The summed E-state index contributed by atoms with van der Waals surface area (Å²) in [6.45, 7) is 5.97. The Morgan fingerprint density at radius 3 is 2.73 bits per heavy atom. The van der Waals surface area contributed by atoms with Crippen LogP contribution in [0.2, 0.25) is 0 Å². The molecule has 4 nitrogen and oxygen atoms in total. The Labute approximate surface area is 159 Å². The van der Waals surface area contributed by atoms with E-state index in [1.165, 1.54) is 17.3 Å². The van der Waals surface area contributed by atoms with Crippen molar-refractivity contribution in [2.75, 3.05) is 5.32 Å². The molecule has 26 heavy (non-hydrogen) atoms. The molecule has 1 aromatic carbocycles. The lowest BCUT2D eigenvalue weighted by Gasteiger charge is -2.18. The van der Waals surface area contributed by atoms with Gasteiger partial charge in [-0.2, -0.15) is 5.26 Å². The number of rotatable bonds is 5. The number of aromatic nitrogens is 1. The predicted molar refractivity (Wildman–Crippen MR) is 105 cm³/mol. The number of anilines is 1. The lowest BCUT2D eigenvalue weighted by atomic mass is 10.1. The van der Waals surface area contributed by atoms with Gasteiger partial charge in [-0.05, 0) is 62.3 Å². The van der Waals surface area contributed by atoms with Crippen molar-refractivity contribution in [1.82, 2.24) is 4.98 Å². The first-order valence-electron chi connectivity index (χ1n) is 9.00. The van der Waals surface area contributed by atoms with E-state index in [0.717, 1.165) is 41.8 Å². The maximum Gasteiger partial charge on any atom is 0.237 e. The van der Waals surface area contributed by atoms with E-state index in [0.29, 0.717) is 17.0 Å². The van der Waals surface area contributed by atoms with Crippen LogP contribution < -0.4 is 5.32 Å². The molecule has 0 radical (unpaired) electrons. The molecular formula is C21H23N3OS. The molecule has 5 heteroatoms. The normalized spacial score (nSPS) is 13.8. The van der Waals surface area contributed by atoms with E-state index in [9.17, 15) is 10.1 Å². The standard InChI is InChI=1S/C21H23N3OS/c1-4-18(20(25)24-19-13(2)7-5-8-14(19)3)26-21-16(12-22)11-15-9-6-10-17(15)23-21/h5,7-8,11,18H,4,6,9-10H2,1-3H3,(H,24,25). The molecule has 0 bridgehead atoms. The number of thioether (sulfide) groups is 1. The van der Waals surface area contributed by atoms with Gasteiger partial charge in [-0.1, -0.05) is 36.9 Å². The molecule has 1 heterocycles. The number of nitrogens with zero attached hydrogens (tertiary/aromatic N) is 2. The molecule has 0 saturated heterocycles. The van der Waals surface area contributed by atoms with E-state index in [4.69, 9.17) is 4.98 Å². The van der Waals surface area contributed by atoms with Gasteiger partial charge in [-0.15, -0.1) is 0 Å². The molecule has 1 unspecified atom stereocenters. The highest BCUT2D eigenvalue weighted by Crippen LogP contribution is 2.32. The van der Waals surface area contributed by atoms with E-state index in [2.05, 4.69) is 11.4 Å². The molecular weight excluding hydrogens is 342 g/mol. The average molecular weight is 366 g/mol. The van der Waals surface area contributed by atoms with Gasteiger partial charge >= 0.3 is 0 Å². The molecule has 0 aliphatic heterocycles. The zero-order valence-electron chi connectivity index (χ0n) is 15.4. The quantitative estimate of drug-likeness (QED) is 0.788. The maximum absolute atomic E-state index is 12.8.